The molecular formula is C27H36N4O3S. The maximum Gasteiger partial charge on any atom is 0.275 e. The second kappa shape index (κ2) is 9.21. The Morgan fingerprint density at radius 2 is 1.69 bits per heavy atom. The summed E-state index contributed by atoms with van der Waals surface area (Å²) < 4.78 is 5.47. The first-order valence-electron chi connectivity index (χ1n) is 12.7. The van der Waals surface area contributed by atoms with Crippen LogP contribution in [0.3, 0.4) is 0 Å². The van der Waals surface area contributed by atoms with E-state index in [-0.39, 0.29) is 22.7 Å². The van der Waals surface area contributed by atoms with Crippen LogP contribution >= 0.6 is 11.3 Å². The minimum Gasteiger partial charge on any atom is -0.378 e. The molecule has 1 N–H and O–H groups in total. The summed E-state index contributed by atoms with van der Waals surface area (Å²) in [5.74, 6) is 0.532. The smallest absolute Gasteiger partial charge is 0.275 e. The molecule has 35 heavy (non-hydrogen) atoms. The van der Waals surface area contributed by atoms with Gasteiger partial charge in [0, 0.05) is 43.4 Å². The number of ether oxygens (including phenoxy) is 1. The molecule has 0 atom stereocenters. The van der Waals surface area contributed by atoms with Gasteiger partial charge < -0.3 is 19.9 Å². The maximum absolute atomic E-state index is 13.1. The topological polar surface area (TPSA) is 74.8 Å². The zero-order chi connectivity index (χ0) is 24.8. The third-order valence-corrected chi connectivity index (χ3v) is 9.69. The van der Waals surface area contributed by atoms with Gasteiger partial charge in [-0.15, -0.1) is 11.3 Å². The van der Waals surface area contributed by atoms with Crippen LogP contribution in [0.15, 0.2) is 29.6 Å². The fourth-order valence-corrected chi connectivity index (χ4v) is 6.74. The van der Waals surface area contributed by atoms with Gasteiger partial charge in [-0.25, -0.2) is 4.98 Å². The molecule has 1 aromatic carbocycles. The Morgan fingerprint density at radius 3 is 2.34 bits per heavy atom. The highest BCUT2D eigenvalue weighted by atomic mass is 32.1. The van der Waals surface area contributed by atoms with Crippen molar-refractivity contribution in [3.8, 4) is 0 Å². The van der Waals surface area contributed by atoms with E-state index in [1.807, 2.05) is 34.5 Å². The largest absolute Gasteiger partial charge is 0.378 e. The number of benzene rings is 1. The number of hydrogen-bond donors (Lipinski definition) is 1. The Hall–Kier alpha value is -2.45. The van der Waals surface area contributed by atoms with Gasteiger partial charge in [0.15, 0.2) is 0 Å². The van der Waals surface area contributed by atoms with Gasteiger partial charge in [0.1, 0.15) is 5.69 Å². The van der Waals surface area contributed by atoms with E-state index >= 15 is 0 Å². The summed E-state index contributed by atoms with van der Waals surface area (Å²) in [6.07, 6.45) is 1.79. The quantitative estimate of drug-likeness (QED) is 0.654. The lowest BCUT2D eigenvalue weighted by molar-refractivity contribution is -0.134. The first-order valence-corrected chi connectivity index (χ1v) is 13.6. The number of likely N-dealkylation sites (tertiary alicyclic amines) is 1. The average Bonchev–Trinajstić information content (AvgIpc) is 3.17. The molecule has 2 amide bonds. The van der Waals surface area contributed by atoms with Crippen molar-refractivity contribution in [3.63, 3.8) is 0 Å². The van der Waals surface area contributed by atoms with Gasteiger partial charge in [-0.3, -0.25) is 9.59 Å². The molecule has 1 saturated carbocycles. The summed E-state index contributed by atoms with van der Waals surface area (Å²) in [6.45, 7) is 13.3. The van der Waals surface area contributed by atoms with E-state index in [0.29, 0.717) is 30.7 Å². The SMILES string of the molecule is CC1(C)C(C(=O)N2CCC(c3nc(C(=O)Nc4ccccc4N4CCOCC4)cs3)CC2)C1(C)C. The molecule has 0 radical (unpaired) electrons. The van der Waals surface area contributed by atoms with E-state index in [9.17, 15) is 9.59 Å². The fraction of sp³-hybridized carbons (Fsp3) is 0.593. The minimum absolute atomic E-state index is 0.0684. The van der Waals surface area contributed by atoms with E-state index in [2.05, 4.69) is 37.9 Å². The van der Waals surface area contributed by atoms with Gasteiger partial charge in [-0.05, 0) is 35.8 Å². The number of nitrogens with zero attached hydrogens (tertiary/aromatic N) is 3. The standard InChI is InChI=1S/C27H36N4O3S/c1-26(2)22(27(26,3)4)25(33)31-11-9-18(10-12-31)24-29-20(17-35-24)23(32)28-19-7-5-6-8-21(19)30-13-15-34-16-14-30/h5-8,17-18,22H,9-16H2,1-4H3,(H,28,32). The van der Waals surface area contributed by atoms with Crippen molar-refractivity contribution < 1.29 is 14.3 Å². The Kier molecular flexibility index (Phi) is 6.38. The number of nitrogens with one attached hydrogen (secondary N) is 1. The molecule has 3 heterocycles. The van der Waals surface area contributed by atoms with Gasteiger partial charge in [-0.1, -0.05) is 39.8 Å². The number of hydrogen-bond acceptors (Lipinski definition) is 6. The molecule has 3 fully saturated rings. The summed E-state index contributed by atoms with van der Waals surface area (Å²) in [5, 5.41) is 5.92. The number of rotatable bonds is 5. The Balaban J connectivity index is 1.19. The van der Waals surface area contributed by atoms with Crippen LogP contribution in [0.1, 0.15) is 62.0 Å². The summed E-state index contributed by atoms with van der Waals surface area (Å²) in [6, 6.07) is 7.90. The van der Waals surface area contributed by atoms with Crippen molar-refractivity contribution in [1.29, 1.82) is 0 Å². The predicted octanol–water partition coefficient (Wildman–Crippen LogP) is 4.62. The molecule has 2 aromatic rings. The van der Waals surface area contributed by atoms with Crippen LogP contribution in [0, 0.1) is 16.7 Å². The van der Waals surface area contributed by atoms with Gasteiger partial charge >= 0.3 is 0 Å². The van der Waals surface area contributed by atoms with Crippen molar-refractivity contribution in [2.75, 3.05) is 49.6 Å². The van der Waals surface area contributed by atoms with E-state index in [1.54, 1.807) is 11.3 Å². The fourth-order valence-electron chi connectivity index (χ4n) is 5.77. The van der Waals surface area contributed by atoms with Crippen LogP contribution < -0.4 is 10.2 Å². The molecule has 0 unspecified atom stereocenters. The summed E-state index contributed by atoms with van der Waals surface area (Å²) in [4.78, 5) is 35.1. The van der Waals surface area contributed by atoms with Crippen molar-refractivity contribution in [1.82, 2.24) is 9.88 Å². The molecule has 1 aliphatic carbocycles. The number of thiazole rings is 1. The van der Waals surface area contributed by atoms with Crippen molar-refractivity contribution in [3.05, 3.63) is 40.3 Å². The van der Waals surface area contributed by atoms with Gasteiger partial charge in [0.2, 0.25) is 5.91 Å². The third-order valence-electron chi connectivity index (χ3n) is 8.68. The first-order chi connectivity index (χ1) is 16.7. The molecule has 5 rings (SSSR count). The zero-order valence-corrected chi connectivity index (χ0v) is 22.0. The number of amides is 2. The monoisotopic (exact) mass is 496 g/mol. The summed E-state index contributed by atoms with van der Waals surface area (Å²) >= 11 is 1.55. The van der Waals surface area contributed by atoms with Crippen LogP contribution in [0.4, 0.5) is 11.4 Å². The van der Waals surface area contributed by atoms with Crippen LogP contribution in [0.5, 0.6) is 0 Å². The number of piperidine rings is 1. The molecule has 2 aliphatic heterocycles. The highest BCUT2D eigenvalue weighted by Crippen LogP contribution is 2.68. The van der Waals surface area contributed by atoms with Gasteiger partial charge in [0.05, 0.1) is 29.6 Å². The highest BCUT2D eigenvalue weighted by Gasteiger charge is 2.68. The van der Waals surface area contributed by atoms with Gasteiger partial charge in [-0.2, -0.15) is 0 Å². The number of carbonyl (C=O) groups is 2. The van der Waals surface area contributed by atoms with Gasteiger partial charge in [0.25, 0.3) is 5.91 Å². The zero-order valence-electron chi connectivity index (χ0n) is 21.2. The molecule has 3 aliphatic rings. The van der Waals surface area contributed by atoms with Crippen LogP contribution in [-0.4, -0.2) is 61.1 Å². The molecule has 8 heteroatoms. The third kappa shape index (κ3) is 4.47. The van der Waals surface area contributed by atoms with Crippen molar-refractivity contribution >= 4 is 34.5 Å². The van der Waals surface area contributed by atoms with Crippen LogP contribution in [0.2, 0.25) is 0 Å². The molecule has 2 saturated heterocycles. The number of morpholine rings is 1. The number of para-hydroxylation sites is 2. The van der Waals surface area contributed by atoms with E-state index < -0.39 is 0 Å². The molecular weight excluding hydrogens is 460 g/mol. The maximum atomic E-state index is 13.1. The molecule has 188 valence electrons. The lowest BCUT2D eigenvalue weighted by atomic mass is 9.96. The predicted molar refractivity (Wildman–Crippen MR) is 139 cm³/mol. The number of aromatic nitrogens is 1. The molecule has 0 bridgehead atoms. The van der Waals surface area contributed by atoms with Crippen molar-refractivity contribution in [2.45, 2.75) is 46.5 Å². The lowest BCUT2D eigenvalue weighted by Gasteiger charge is -2.32. The van der Waals surface area contributed by atoms with Crippen molar-refractivity contribution in [2.24, 2.45) is 16.7 Å². The summed E-state index contributed by atoms with van der Waals surface area (Å²) in [7, 11) is 0. The first kappa shape index (κ1) is 24.3. The normalized spacial score (nSPS) is 22.2. The summed E-state index contributed by atoms with van der Waals surface area (Å²) in [5.41, 5.74) is 2.41. The lowest BCUT2D eigenvalue weighted by Crippen LogP contribution is -2.39. The average molecular weight is 497 g/mol. The molecule has 1 aromatic heterocycles. The second-order valence-corrected chi connectivity index (χ2v) is 12.0. The highest BCUT2D eigenvalue weighted by molar-refractivity contribution is 7.10. The van der Waals surface area contributed by atoms with E-state index in [4.69, 9.17) is 9.72 Å². The molecule has 0 spiro atoms. The van der Waals surface area contributed by atoms with E-state index in [1.165, 1.54) is 0 Å². The number of anilines is 2. The second-order valence-electron chi connectivity index (χ2n) is 11.1. The number of carbonyl (C=O) groups excluding carboxylic acids is 2. The van der Waals surface area contributed by atoms with Crippen LogP contribution in [-0.2, 0) is 9.53 Å². The van der Waals surface area contributed by atoms with E-state index in [0.717, 1.165) is 55.4 Å². The Morgan fingerprint density at radius 1 is 1.03 bits per heavy atom. The van der Waals surface area contributed by atoms with Crippen LogP contribution in [0.25, 0.3) is 0 Å². The molecule has 7 nitrogen and oxygen atoms in total. The minimum atomic E-state index is -0.181. The Bertz CT molecular complexity index is 1080. The Labute approximate surface area is 211 Å².